The number of hydrogen-bond donors (Lipinski definition) is 0. The van der Waals surface area contributed by atoms with E-state index in [2.05, 4.69) is 96.9 Å². The van der Waals surface area contributed by atoms with Crippen molar-refractivity contribution >= 4 is 35.8 Å². The minimum Gasteiger partial charge on any atom is -0.482 e. The largest absolute Gasteiger partial charge is 0.482 e. The van der Waals surface area contributed by atoms with E-state index in [4.69, 9.17) is 42.6 Å². The average molecular weight is 1620 g/mol. The van der Waals surface area contributed by atoms with Crippen LogP contribution in [-0.2, 0) is 47.5 Å². The van der Waals surface area contributed by atoms with Gasteiger partial charge in [-0.1, -0.05) is 170 Å². The summed E-state index contributed by atoms with van der Waals surface area (Å²) in [5, 5.41) is 0. The molecule has 5 saturated carbocycles. The Bertz CT molecular complexity index is 3720. The molecule has 0 radical (unpaired) electrons. The number of benzene rings is 5. The van der Waals surface area contributed by atoms with Crippen molar-refractivity contribution in [2.45, 2.75) is 374 Å². The van der Waals surface area contributed by atoms with Crippen LogP contribution in [0.3, 0.4) is 0 Å². The van der Waals surface area contributed by atoms with Crippen molar-refractivity contribution < 1.29 is 71.4 Å². The maximum atomic E-state index is 12.7. The SMILES string of the molecule is CCC(C)(C)C(=O)OC(OC(C)C)C12CC3CC(CC(C3)C1)C2.CCC(C)c1ccc(C(=O)OC(C)(C)C(C)C)cc1.CCC(C)c1ccc(C(=O)OC(C)(C)C)cc1.CCC(C)c1ccc(C(=O)OC(C)(C)C2CCCC2)cc1.CCC(C)c1ccc(C(=O)OC(C)(C)CC)cc1.CCC(C)c1ccc(OCC(=O)OC(C)OC)cc1. The lowest BCUT2D eigenvalue weighted by atomic mass is 9.49. The van der Waals surface area contributed by atoms with Crippen molar-refractivity contribution in [2.75, 3.05) is 13.7 Å². The molecule has 5 aromatic carbocycles. The van der Waals surface area contributed by atoms with Gasteiger partial charge in [0, 0.05) is 12.5 Å². The Morgan fingerprint density at radius 1 is 0.419 bits per heavy atom. The van der Waals surface area contributed by atoms with Gasteiger partial charge in [-0.3, -0.25) is 4.79 Å². The van der Waals surface area contributed by atoms with E-state index < -0.39 is 34.5 Å². The molecule has 5 aliphatic rings. The molecule has 0 heterocycles. The Balaban J connectivity index is 0.000000296. The zero-order valence-corrected chi connectivity index (χ0v) is 77.9. The highest BCUT2D eigenvalue weighted by Gasteiger charge is 2.57. The fraction of sp³-hybridized carbons (Fsp3) is 0.647. The van der Waals surface area contributed by atoms with E-state index in [9.17, 15) is 28.8 Å². The predicted molar refractivity (Wildman–Crippen MR) is 475 cm³/mol. The van der Waals surface area contributed by atoms with Gasteiger partial charge in [-0.05, 0) is 341 Å². The zero-order valence-electron chi connectivity index (χ0n) is 77.9. The highest BCUT2D eigenvalue weighted by molar-refractivity contribution is 5.91. The molecule has 5 fully saturated rings. The summed E-state index contributed by atoms with van der Waals surface area (Å²) >= 11 is 0. The smallest absolute Gasteiger partial charge is 0.346 e. The van der Waals surface area contributed by atoms with Crippen molar-refractivity contribution in [3.05, 3.63) is 171 Å². The second-order valence-electron chi connectivity index (χ2n) is 37.8. The quantitative estimate of drug-likeness (QED) is 0.0232. The molecule has 0 saturated heterocycles. The van der Waals surface area contributed by atoms with Gasteiger partial charge < -0.3 is 42.6 Å². The van der Waals surface area contributed by atoms with Crippen LogP contribution in [0.4, 0.5) is 0 Å². The van der Waals surface area contributed by atoms with E-state index >= 15 is 0 Å². The molecule has 654 valence electrons. The summed E-state index contributed by atoms with van der Waals surface area (Å²) < 4.78 is 49.5. The van der Waals surface area contributed by atoms with Crippen LogP contribution in [0.2, 0.25) is 0 Å². The Morgan fingerprint density at radius 2 is 0.752 bits per heavy atom. The lowest BCUT2D eigenvalue weighted by molar-refractivity contribution is -0.259. The van der Waals surface area contributed by atoms with Crippen LogP contribution in [0, 0.1) is 40.4 Å². The van der Waals surface area contributed by atoms with Crippen LogP contribution in [0.5, 0.6) is 5.75 Å². The molecule has 15 nitrogen and oxygen atoms in total. The van der Waals surface area contributed by atoms with E-state index in [1.54, 1.807) is 6.92 Å². The summed E-state index contributed by atoms with van der Waals surface area (Å²) in [6, 6.07) is 38.9. The first kappa shape index (κ1) is 102. The second kappa shape index (κ2) is 47.6. The maximum Gasteiger partial charge on any atom is 0.346 e. The summed E-state index contributed by atoms with van der Waals surface area (Å²) in [7, 11) is 1.48. The van der Waals surface area contributed by atoms with Crippen LogP contribution in [0.1, 0.15) is 402 Å². The fourth-order valence-electron chi connectivity index (χ4n) is 14.8. The number of esters is 6. The number of rotatable bonds is 31. The minimum absolute atomic E-state index is 0.0818. The van der Waals surface area contributed by atoms with E-state index in [0.29, 0.717) is 63.5 Å². The highest BCUT2D eigenvalue weighted by Crippen LogP contribution is 2.62. The molecule has 0 N–H and O–H groups in total. The molecule has 117 heavy (non-hydrogen) atoms. The molecule has 10 rings (SSSR count). The molecule has 4 bridgehead atoms. The van der Waals surface area contributed by atoms with Gasteiger partial charge in [0.2, 0.25) is 6.29 Å². The number of carbonyl (C=O) groups is 6. The van der Waals surface area contributed by atoms with E-state index in [1.807, 2.05) is 211 Å². The second-order valence-corrected chi connectivity index (χ2v) is 37.8. The molecule has 15 heteroatoms. The van der Waals surface area contributed by atoms with Gasteiger partial charge in [-0.25, -0.2) is 24.0 Å². The van der Waals surface area contributed by atoms with Crippen molar-refractivity contribution in [3.8, 4) is 5.75 Å². The van der Waals surface area contributed by atoms with Gasteiger partial charge in [-0.2, -0.15) is 0 Å². The average Bonchev–Trinajstić information content (AvgIpc) is 1.07. The molecule has 0 spiro atoms. The van der Waals surface area contributed by atoms with Crippen molar-refractivity contribution in [2.24, 2.45) is 40.4 Å². The number of carbonyl (C=O) groups excluding carboxylic acids is 6. The molecule has 0 aliphatic heterocycles. The third-order valence-electron chi connectivity index (χ3n) is 25.1. The maximum absolute atomic E-state index is 12.7. The Labute approximate surface area is 708 Å². The van der Waals surface area contributed by atoms with E-state index in [1.165, 1.54) is 99.1 Å². The monoisotopic (exact) mass is 1620 g/mol. The van der Waals surface area contributed by atoms with Crippen LogP contribution < -0.4 is 4.74 Å². The summed E-state index contributed by atoms with van der Waals surface area (Å²) in [5.74, 6) is 5.12. The minimum atomic E-state index is -0.552. The van der Waals surface area contributed by atoms with Gasteiger partial charge in [0.05, 0.1) is 33.8 Å². The van der Waals surface area contributed by atoms with Gasteiger partial charge in [0.1, 0.15) is 28.2 Å². The molecule has 7 atom stereocenters. The van der Waals surface area contributed by atoms with Crippen LogP contribution in [-0.4, -0.2) is 90.6 Å². The zero-order chi connectivity index (χ0) is 88.0. The van der Waals surface area contributed by atoms with E-state index in [0.717, 1.165) is 62.7 Å². The van der Waals surface area contributed by atoms with Crippen LogP contribution in [0.15, 0.2) is 121 Å². The van der Waals surface area contributed by atoms with Crippen LogP contribution in [0.25, 0.3) is 0 Å². The highest BCUT2D eigenvalue weighted by atomic mass is 16.7. The summed E-state index contributed by atoms with van der Waals surface area (Å²) in [4.78, 5) is 72.2. The van der Waals surface area contributed by atoms with Crippen LogP contribution >= 0.6 is 0 Å². The van der Waals surface area contributed by atoms with Crippen molar-refractivity contribution in [3.63, 3.8) is 0 Å². The summed E-state index contributed by atoms with van der Waals surface area (Å²) in [6.07, 6.45) is 18.9. The number of ether oxygens (including phenoxy) is 9. The first-order valence-electron chi connectivity index (χ1n) is 44.4. The van der Waals surface area contributed by atoms with Gasteiger partial charge >= 0.3 is 35.8 Å². The first-order valence-corrected chi connectivity index (χ1v) is 44.4. The van der Waals surface area contributed by atoms with Gasteiger partial charge in [0.25, 0.3) is 0 Å². The summed E-state index contributed by atoms with van der Waals surface area (Å²) in [5.41, 5.74) is 6.90. The molecular formula is C102H156O15. The Hall–Kier alpha value is -7.36. The molecule has 0 amide bonds. The Kier molecular flexibility index (Phi) is 41.5. The molecular weight excluding hydrogens is 1470 g/mol. The van der Waals surface area contributed by atoms with Crippen molar-refractivity contribution in [1.29, 1.82) is 0 Å². The third kappa shape index (κ3) is 33.6. The number of methoxy groups -OCH3 is 1. The number of hydrogen-bond acceptors (Lipinski definition) is 15. The normalized spacial score (nSPS) is 18.8. The Morgan fingerprint density at radius 3 is 1.06 bits per heavy atom. The lowest BCUT2D eigenvalue weighted by Gasteiger charge is -2.58. The molecule has 0 aromatic heterocycles. The first-order chi connectivity index (χ1) is 54.7. The third-order valence-corrected chi connectivity index (χ3v) is 25.1. The molecule has 5 aliphatic carbocycles. The fourth-order valence-corrected chi connectivity index (χ4v) is 14.8. The van der Waals surface area contributed by atoms with Crippen molar-refractivity contribution in [1.82, 2.24) is 0 Å². The lowest BCUT2D eigenvalue weighted by Crippen LogP contribution is -2.54. The molecule has 5 aromatic rings. The summed E-state index contributed by atoms with van der Waals surface area (Å²) in [6.45, 7) is 57.0. The molecule has 7 unspecified atom stereocenters. The van der Waals surface area contributed by atoms with E-state index in [-0.39, 0.29) is 65.8 Å². The van der Waals surface area contributed by atoms with Gasteiger partial charge in [0.15, 0.2) is 12.9 Å². The standard InChI is InChI=1S/C20H34O3.C19H28O2.C17H26O2.C16H24O2.C15H22O4.C15H22O2/c1-6-19(4,5)17(21)23-18(22-13(2)3)20-10-14-7-15(11-20)9-16(8-14)12-20;1-5-14(2)15-10-12-16(13-11-15)18(20)21-19(3,4)17-8-6-7-9-17;1-7-13(4)14-8-10-15(11-9-14)16(18)19-17(5,6)12(2)3;1-6-12(3)13-8-10-14(11-9-13)15(17)18-16(4,5)7-2;1-5-11(2)13-6-8-14(9-7-13)18-10-15(16)19-12(3)17-4;1-6-11(2)12-7-9-13(10-8-12)14(16)17-15(3,4)5/h13-16,18H,6-12H2,1-5H3;10-14,17H,5-9H2,1-4H3;8-13H,7H2,1-6H3;8-12H,6-7H2,1-5H3;6-9,11-12H,5,10H2,1-4H3;7-11H,6H2,1-5H3. The predicted octanol–water partition coefficient (Wildman–Crippen LogP) is 26.9. The topological polar surface area (TPSA) is 185 Å². The van der Waals surface area contributed by atoms with Gasteiger partial charge in [-0.15, -0.1) is 0 Å².